The third-order valence-corrected chi connectivity index (χ3v) is 3.85. The zero-order chi connectivity index (χ0) is 16.0. The number of hydrogen-bond acceptors (Lipinski definition) is 6. The Hall–Kier alpha value is -1.18. The zero-order valence-electron chi connectivity index (χ0n) is 13.4. The summed E-state index contributed by atoms with van der Waals surface area (Å²) in [7, 11) is 0. The Labute approximate surface area is 135 Å². The summed E-state index contributed by atoms with van der Waals surface area (Å²) in [5.41, 5.74) is 0.407. The molecular weight excluding hydrogens is 304 g/mol. The van der Waals surface area contributed by atoms with Crippen LogP contribution >= 0.6 is 11.3 Å². The van der Waals surface area contributed by atoms with E-state index in [0.29, 0.717) is 17.8 Å². The van der Waals surface area contributed by atoms with Crippen LogP contribution < -0.4 is 5.32 Å². The summed E-state index contributed by atoms with van der Waals surface area (Å²) in [5.74, 6) is 0. The molecule has 1 N–H and O–H groups in total. The van der Waals surface area contributed by atoms with Crippen molar-refractivity contribution in [2.45, 2.75) is 51.7 Å². The zero-order valence-corrected chi connectivity index (χ0v) is 14.2. The molecule has 22 heavy (non-hydrogen) atoms. The predicted molar refractivity (Wildman–Crippen MR) is 85.5 cm³/mol. The van der Waals surface area contributed by atoms with Crippen molar-refractivity contribution in [2.75, 3.05) is 25.1 Å². The predicted octanol–water partition coefficient (Wildman–Crippen LogP) is 3.23. The van der Waals surface area contributed by atoms with Crippen molar-refractivity contribution in [2.24, 2.45) is 0 Å². The van der Waals surface area contributed by atoms with Gasteiger partial charge in [-0.15, -0.1) is 11.3 Å². The van der Waals surface area contributed by atoms with E-state index in [1.807, 2.05) is 26.2 Å². The van der Waals surface area contributed by atoms with Gasteiger partial charge in [-0.05, 0) is 33.6 Å². The molecule has 0 aromatic carbocycles. The van der Waals surface area contributed by atoms with Crippen molar-refractivity contribution in [1.82, 2.24) is 4.98 Å². The van der Waals surface area contributed by atoms with Crippen LogP contribution in [0.5, 0.6) is 0 Å². The second kappa shape index (κ2) is 7.89. The highest BCUT2D eigenvalue weighted by Crippen LogP contribution is 2.18. The van der Waals surface area contributed by atoms with Crippen LogP contribution in [0.1, 0.15) is 39.3 Å². The lowest BCUT2D eigenvalue weighted by atomic mass is 10.1. The van der Waals surface area contributed by atoms with Gasteiger partial charge in [-0.25, -0.2) is 9.78 Å². The van der Waals surface area contributed by atoms with Crippen LogP contribution in [0.25, 0.3) is 0 Å². The molecule has 1 aliphatic rings. The summed E-state index contributed by atoms with van der Waals surface area (Å²) >= 11 is 1.39. The summed E-state index contributed by atoms with van der Waals surface area (Å²) in [6, 6.07) is 0. The number of amides is 1. The first kappa shape index (κ1) is 17.2. The van der Waals surface area contributed by atoms with Gasteiger partial charge in [0.15, 0.2) is 5.13 Å². The van der Waals surface area contributed by atoms with Crippen LogP contribution in [0.3, 0.4) is 0 Å². The number of hydrogen-bond donors (Lipinski definition) is 1. The van der Waals surface area contributed by atoms with Gasteiger partial charge in [-0.1, -0.05) is 0 Å². The third-order valence-electron chi connectivity index (χ3n) is 3.04. The van der Waals surface area contributed by atoms with E-state index in [-0.39, 0.29) is 0 Å². The normalized spacial score (nSPS) is 16.5. The van der Waals surface area contributed by atoms with E-state index >= 15 is 0 Å². The Bertz CT molecular complexity index is 478. The minimum Gasteiger partial charge on any atom is -0.444 e. The van der Waals surface area contributed by atoms with Gasteiger partial charge in [0.1, 0.15) is 5.60 Å². The number of nitrogens with zero attached hydrogens (tertiary/aromatic N) is 1. The Morgan fingerprint density at radius 2 is 2.18 bits per heavy atom. The molecule has 0 atom stereocenters. The van der Waals surface area contributed by atoms with Gasteiger partial charge >= 0.3 is 6.09 Å². The number of thiazole rings is 1. The van der Waals surface area contributed by atoms with Crippen molar-refractivity contribution in [3.8, 4) is 0 Å². The van der Waals surface area contributed by atoms with Crippen molar-refractivity contribution in [3.05, 3.63) is 11.1 Å². The molecule has 2 heterocycles. The highest BCUT2D eigenvalue weighted by Gasteiger charge is 2.17. The molecule has 7 heteroatoms. The lowest BCUT2D eigenvalue weighted by Crippen LogP contribution is -2.27. The molecule has 2 rings (SSSR count). The standard InChI is InChI=1S/C15H24N2O4S/c1-15(2,3)21-14(18)17-13-16-11(10-22-13)4-9-20-12-5-7-19-8-6-12/h10,12H,4-9H2,1-3H3,(H,16,17,18). The molecule has 6 nitrogen and oxygen atoms in total. The topological polar surface area (TPSA) is 69.7 Å². The summed E-state index contributed by atoms with van der Waals surface area (Å²) in [6.07, 6.45) is 2.48. The molecule has 1 amide bonds. The van der Waals surface area contributed by atoms with Crippen LogP contribution in [0, 0.1) is 0 Å². The van der Waals surface area contributed by atoms with Gasteiger partial charge in [0, 0.05) is 25.0 Å². The van der Waals surface area contributed by atoms with Gasteiger partial charge in [-0.2, -0.15) is 0 Å². The van der Waals surface area contributed by atoms with E-state index in [9.17, 15) is 4.79 Å². The Kier molecular flexibility index (Phi) is 6.16. The lowest BCUT2D eigenvalue weighted by molar-refractivity contribution is -0.0308. The van der Waals surface area contributed by atoms with Crippen LogP contribution in [0.4, 0.5) is 9.93 Å². The van der Waals surface area contributed by atoms with Crippen LogP contribution in [-0.4, -0.2) is 42.6 Å². The fourth-order valence-electron chi connectivity index (χ4n) is 2.04. The van der Waals surface area contributed by atoms with Crippen LogP contribution in [-0.2, 0) is 20.6 Å². The van der Waals surface area contributed by atoms with E-state index in [1.165, 1.54) is 11.3 Å². The van der Waals surface area contributed by atoms with Crippen molar-refractivity contribution >= 4 is 22.6 Å². The van der Waals surface area contributed by atoms with Gasteiger partial charge in [0.25, 0.3) is 0 Å². The molecule has 124 valence electrons. The number of carbonyl (C=O) groups is 1. The Balaban J connectivity index is 1.70. The van der Waals surface area contributed by atoms with Crippen LogP contribution in [0.2, 0.25) is 0 Å². The van der Waals surface area contributed by atoms with Crippen molar-refractivity contribution in [1.29, 1.82) is 0 Å². The van der Waals surface area contributed by atoms with E-state index in [0.717, 1.165) is 38.2 Å². The van der Waals surface area contributed by atoms with E-state index in [1.54, 1.807) is 0 Å². The smallest absolute Gasteiger partial charge is 0.413 e. The summed E-state index contributed by atoms with van der Waals surface area (Å²) < 4.78 is 16.3. The fraction of sp³-hybridized carbons (Fsp3) is 0.733. The molecule has 1 aliphatic heterocycles. The maximum Gasteiger partial charge on any atom is 0.413 e. The van der Waals surface area contributed by atoms with E-state index in [2.05, 4.69) is 10.3 Å². The highest BCUT2D eigenvalue weighted by atomic mass is 32.1. The molecule has 0 aliphatic carbocycles. The Morgan fingerprint density at radius 1 is 1.45 bits per heavy atom. The minimum absolute atomic E-state index is 0.298. The summed E-state index contributed by atoms with van der Waals surface area (Å²) in [6.45, 7) is 7.69. The largest absolute Gasteiger partial charge is 0.444 e. The molecule has 0 saturated carbocycles. The molecule has 0 bridgehead atoms. The minimum atomic E-state index is -0.512. The molecular formula is C15H24N2O4S. The Morgan fingerprint density at radius 3 is 2.86 bits per heavy atom. The van der Waals surface area contributed by atoms with Gasteiger partial charge < -0.3 is 14.2 Å². The van der Waals surface area contributed by atoms with Crippen molar-refractivity contribution < 1.29 is 19.0 Å². The lowest BCUT2D eigenvalue weighted by Gasteiger charge is -2.22. The average Bonchev–Trinajstić information content (AvgIpc) is 2.85. The number of carbonyl (C=O) groups excluding carboxylic acids is 1. The summed E-state index contributed by atoms with van der Waals surface area (Å²) in [5, 5.41) is 5.13. The van der Waals surface area contributed by atoms with Gasteiger partial charge in [0.05, 0.1) is 18.4 Å². The number of nitrogens with one attached hydrogen (secondary N) is 1. The number of ether oxygens (including phenoxy) is 3. The maximum absolute atomic E-state index is 11.7. The van der Waals surface area contributed by atoms with Crippen molar-refractivity contribution in [3.63, 3.8) is 0 Å². The number of rotatable bonds is 5. The maximum atomic E-state index is 11.7. The van der Waals surface area contributed by atoms with Crippen LogP contribution in [0.15, 0.2) is 5.38 Å². The molecule has 0 spiro atoms. The first-order valence-corrected chi connectivity index (χ1v) is 8.44. The van der Waals surface area contributed by atoms with E-state index < -0.39 is 11.7 Å². The molecule has 1 saturated heterocycles. The molecule has 0 radical (unpaired) electrons. The molecule has 1 fully saturated rings. The SMILES string of the molecule is CC(C)(C)OC(=O)Nc1nc(CCOC2CCOCC2)cs1. The second-order valence-electron chi connectivity index (χ2n) is 6.20. The highest BCUT2D eigenvalue weighted by molar-refractivity contribution is 7.13. The monoisotopic (exact) mass is 328 g/mol. The third kappa shape index (κ3) is 6.29. The van der Waals surface area contributed by atoms with E-state index in [4.69, 9.17) is 14.2 Å². The van der Waals surface area contributed by atoms with Gasteiger partial charge in [0.2, 0.25) is 0 Å². The first-order chi connectivity index (χ1) is 10.4. The second-order valence-corrected chi connectivity index (χ2v) is 7.06. The number of anilines is 1. The fourth-order valence-corrected chi connectivity index (χ4v) is 2.77. The first-order valence-electron chi connectivity index (χ1n) is 7.56. The molecule has 1 aromatic heterocycles. The molecule has 1 aromatic rings. The number of aromatic nitrogens is 1. The quantitative estimate of drug-likeness (QED) is 0.898. The summed E-state index contributed by atoms with van der Waals surface area (Å²) in [4.78, 5) is 16.0. The van der Waals surface area contributed by atoms with Gasteiger partial charge in [-0.3, -0.25) is 5.32 Å². The average molecular weight is 328 g/mol. The molecule has 0 unspecified atom stereocenters.